The molecule has 20 heavy (non-hydrogen) atoms. The van der Waals surface area contributed by atoms with Crippen molar-refractivity contribution in [2.24, 2.45) is 5.73 Å². The second kappa shape index (κ2) is 8.25. The number of amides is 1. The quantitative estimate of drug-likeness (QED) is 0.923. The Balaban J connectivity index is 0.00000200. The van der Waals surface area contributed by atoms with Crippen LogP contribution in [0.5, 0.6) is 0 Å². The van der Waals surface area contributed by atoms with E-state index in [2.05, 4.69) is 4.90 Å². The molecular formula is C15H24ClN3O. The van der Waals surface area contributed by atoms with E-state index >= 15 is 0 Å². The highest BCUT2D eigenvalue weighted by atomic mass is 35.5. The molecule has 1 aliphatic heterocycles. The number of hydrogen-bond acceptors (Lipinski definition) is 3. The average Bonchev–Trinajstić information content (AvgIpc) is 2.48. The molecule has 1 unspecified atom stereocenters. The number of benzene rings is 1. The number of anilines is 1. The van der Waals surface area contributed by atoms with Crippen molar-refractivity contribution in [1.82, 2.24) is 4.90 Å². The number of carbonyl (C=O) groups is 1. The van der Waals surface area contributed by atoms with E-state index in [0.29, 0.717) is 19.1 Å². The number of hydrogen-bond donors (Lipinski definition) is 1. The van der Waals surface area contributed by atoms with Crippen LogP contribution in [-0.2, 0) is 4.79 Å². The van der Waals surface area contributed by atoms with Crippen LogP contribution in [0.1, 0.15) is 19.3 Å². The highest BCUT2D eigenvalue weighted by Gasteiger charge is 2.24. The monoisotopic (exact) mass is 297 g/mol. The Kier molecular flexibility index (Phi) is 6.99. The molecule has 4 nitrogen and oxygen atoms in total. The van der Waals surface area contributed by atoms with Gasteiger partial charge in [-0.3, -0.25) is 9.69 Å². The lowest BCUT2D eigenvalue weighted by Crippen LogP contribution is -2.48. The molecule has 0 radical (unpaired) electrons. The maximum absolute atomic E-state index is 12.3. The molecule has 112 valence electrons. The van der Waals surface area contributed by atoms with Crippen LogP contribution in [0.15, 0.2) is 30.3 Å². The van der Waals surface area contributed by atoms with E-state index in [9.17, 15) is 4.79 Å². The summed E-state index contributed by atoms with van der Waals surface area (Å²) in [4.78, 5) is 16.3. The van der Waals surface area contributed by atoms with Crippen molar-refractivity contribution in [1.29, 1.82) is 0 Å². The number of para-hydroxylation sites is 1. The largest absolute Gasteiger partial charge is 0.329 e. The van der Waals surface area contributed by atoms with Crippen molar-refractivity contribution < 1.29 is 4.79 Å². The molecule has 1 fully saturated rings. The summed E-state index contributed by atoms with van der Waals surface area (Å²) in [6, 6.07) is 10.1. The van der Waals surface area contributed by atoms with E-state index in [1.807, 2.05) is 37.4 Å². The van der Waals surface area contributed by atoms with Crippen LogP contribution in [0.3, 0.4) is 0 Å². The van der Waals surface area contributed by atoms with Crippen LogP contribution in [0.4, 0.5) is 5.69 Å². The molecule has 2 N–H and O–H groups in total. The maximum atomic E-state index is 12.3. The average molecular weight is 298 g/mol. The van der Waals surface area contributed by atoms with Crippen LogP contribution >= 0.6 is 12.4 Å². The van der Waals surface area contributed by atoms with E-state index < -0.39 is 0 Å². The van der Waals surface area contributed by atoms with E-state index in [0.717, 1.165) is 18.7 Å². The van der Waals surface area contributed by atoms with Crippen molar-refractivity contribution in [3.05, 3.63) is 30.3 Å². The first kappa shape index (κ1) is 17.0. The van der Waals surface area contributed by atoms with Gasteiger partial charge in [-0.1, -0.05) is 24.6 Å². The Morgan fingerprint density at radius 1 is 1.35 bits per heavy atom. The number of likely N-dealkylation sites (N-methyl/N-ethyl adjacent to an activating group) is 1. The first-order valence-corrected chi connectivity index (χ1v) is 6.98. The van der Waals surface area contributed by atoms with E-state index in [-0.39, 0.29) is 18.3 Å². The van der Waals surface area contributed by atoms with Crippen LogP contribution in [0.2, 0.25) is 0 Å². The molecule has 1 atom stereocenters. The fourth-order valence-electron chi connectivity index (χ4n) is 2.61. The topological polar surface area (TPSA) is 49.6 Å². The molecular weight excluding hydrogens is 274 g/mol. The first-order chi connectivity index (χ1) is 9.22. The van der Waals surface area contributed by atoms with Crippen molar-refractivity contribution in [3.63, 3.8) is 0 Å². The van der Waals surface area contributed by atoms with E-state index in [4.69, 9.17) is 5.73 Å². The summed E-state index contributed by atoms with van der Waals surface area (Å²) in [5, 5.41) is 0. The molecule has 2 rings (SSSR count). The molecule has 1 aliphatic rings. The van der Waals surface area contributed by atoms with Gasteiger partial charge in [0, 0.05) is 25.3 Å². The zero-order valence-corrected chi connectivity index (χ0v) is 12.8. The lowest BCUT2D eigenvalue weighted by molar-refractivity contribution is -0.120. The van der Waals surface area contributed by atoms with Gasteiger partial charge in [-0.15, -0.1) is 12.4 Å². The zero-order valence-electron chi connectivity index (χ0n) is 12.0. The van der Waals surface area contributed by atoms with Crippen LogP contribution in [0.25, 0.3) is 0 Å². The van der Waals surface area contributed by atoms with Gasteiger partial charge in [-0.25, -0.2) is 0 Å². The third-order valence-corrected chi connectivity index (χ3v) is 3.88. The first-order valence-electron chi connectivity index (χ1n) is 6.98. The maximum Gasteiger partial charge on any atom is 0.240 e. The number of carbonyl (C=O) groups excluding carboxylic acids is 1. The summed E-state index contributed by atoms with van der Waals surface area (Å²) in [5.41, 5.74) is 6.73. The molecule has 1 amide bonds. The van der Waals surface area contributed by atoms with Gasteiger partial charge < -0.3 is 10.6 Å². The molecule has 0 spiro atoms. The summed E-state index contributed by atoms with van der Waals surface area (Å²) < 4.78 is 0. The van der Waals surface area contributed by atoms with Crippen LogP contribution < -0.4 is 10.6 Å². The summed E-state index contributed by atoms with van der Waals surface area (Å²) in [7, 11) is 1.83. The van der Waals surface area contributed by atoms with Crippen molar-refractivity contribution in [3.8, 4) is 0 Å². The van der Waals surface area contributed by atoms with Gasteiger partial charge in [-0.05, 0) is 31.5 Å². The third kappa shape index (κ3) is 4.20. The normalized spacial score (nSPS) is 19.2. The molecule has 1 aromatic carbocycles. The Morgan fingerprint density at radius 3 is 2.70 bits per heavy atom. The highest BCUT2D eigenvalue weighted by molar-refractivity contribution is 5.94. The van der Waals surface area contributed by atoms with Gasteiger partial charge in [0.15, 0.2) is 0 Å². The van der Waals surface area contributed by atoms with Gasteiger partial charge in [0.1, 0.15) is 0 Å². The lowest BCUT2D eigenvalue weighted by atomic mass is 10.0. The molecule has 1 saturated heterocycles. The predicted molar refractivity (Wildman–Crippen MR) is 85.4 cm³/mol. The molecule has 0 aliphatic carbocycles. The number of piperidine rings is 1. The molecule has 0 bridgehead atoms. The summed E-state index contributed by atoms with van der Waals surface area (Å²) in [6.45, 7) is 2.09. The fraction of sp³-hybridized carbons (Fsp3) is 0.533. The van der Waals surface area contributed by atoms with Crippen molar-refractivity contribution >= 4 is 24.0 Å². The van der Waals surface area contributed by atoms with Gasteiger partial charge >= 0.3 is 0 Å². The number of likely N-dealkylation sites (tertiary alicyclic amines) is 1. The Hall–Kier alpha value is -1.10. The Bertz CT molecular complexity index is 413. The molecule has 0 aromatic heterocycles. The third-order valence-electron chi connectivity index (χ3n) is 3.88. The molecule has 0 saturated carbocycles. The van der Waals surface area contributed by atoms with Gasteiger partial charge in [0.25, 0.3) is 0 Å². The summed E-state index contributed by atoms with van der Waals surface area (Å²) in [5.74, 6) is 0.131. The van der Waals surface area contributed by atoms with Gasteiger partial charge in [-0.2, -0.15) is 0 Å². The zero-order chi connectivity index (χ0) is 13.7. The molecule has 1 aromatic rings. The minimum atomic E-state index is 0. The number of nitrogens with zero attached hydrogens (tertiary/aromatic N) is 2. The highest BCUT2D eigenvalue weighted by Crippen LogP contribution is 2.17. The fourth-order valence-corrected chi connectivity index (χ4v) is 2.61. The SMILES string of the molecule is CN(C(=O)CN1CCCCC1CN)c1ccccc1.Cl. The minimum Gasteiger partial charge on any atom is -0.329 e. The Morgan fingerprint density at radius 2 is 2.05 bits per heavy atom. The molecule has 5 heteroatoms. The predicted octanol–water partition coefficient (Wildman–Crippen LogP) is 1.88. The minimum absolute atomic E-state index is 0. The van der Waals surface area contributed by atoms with E-state index in [1.54, 1.807) is 4.90 Å². The Labute approximate surface area is 127 Å². The number of nitrogens with two attached hydrogens (primary N) is 1. The van der Waals surface area contributed by atoms with Gasteiger partial charge in [0.2, 0.25) is 5.91 Å². The second-order valence-electron chi connectivity index (χ2n) is 5.14. The van der Waals surface area contributed by atoms with E-state index in [1.165, 1.54) is 12.8 Å². The number of halogens is 1. The summed E-state index contributed by atoms with van der Waals surface area (Å²) >= 11 is 0. The van der Waals surface area contributed by atoms with Crippen molar-refractivity contribution in [2.75, 3.05) is 31.6 Å². The summed E-state index contributed by atoms with van der Waals surface area (Å²) in [6.07, 6.45) is 3.50. The smallest absolute Gasteiger partial charge is 0.240 e. The molecule has 1 heterocycles. The van der Waals surface area contributed by atoms with Gasteiger partial charge in [0.05, 0.1) is 6.54 Å². The second-order valence-corrected chi connectivity index (χ2v) is 5.14. The standard InChI is InChI=1S/C15H23N3O.ClH/c1-17(13-7-3-2-4-8-13)15(19)12-18-10-6-5-9-14(18)11-16;/h2-4,7-8,14H,5-6,9-12,16H2,1H3;1H. The van der Waals surface area contributed by atoms with Crippen LogP contribution in [0, 0.1) is 0 Å². The van der Waals surface area contributed by atoms with Crippen molar-refractivity contribution in [2.45, 2.75) is 25.3 Å². The number of rotatable bonds is 4. The lowest BCUT2D eigenvalue weighted by Gasteiger charge is -2.35. The van der Waals surface area contributed by atoms with Crippen LogP contribution in [-0.4, -0.2) is 43.5 Å².